The van der Waals surface area contributed by atoms with E-state index in [1.807, 2.05) is 44.7 Å². The predicted octanol–water partition coefficient (Wildman–Crippen LogP) is 3.36. The van der Waals surface area contributed by atoms with Crippen molar-refractivity contribution in [2.45, 2.75) is 53.4 Å². The van der Waals surface area contributed by atoms with Gasteiger partial charge in [0, 0.05) is 43.0 Å². The third-order valence-electron chi connectivity index (χ3n) is 6.06. The molecule has 0 radical (unpaired) electrons. The van der Waals surface area contributed by atoms with E-state index in [4.69, 9.17) is 4.74 Å². The van der Waals surface area contributed by atoms with Crippen molar-refractivity contribution in [2.75, 3.05) is 43.0 Å². The molecule has 3 rings (SSSR count). The standard InChI is InChI=1S/C24H35N3O4/c1-17-15-19(26-11-5-6-12-26)7-8-20(17)25-21(28)16-31-22(29)18-9-13-27(14-10-18)23(30)24(2,3)4/h7-8,15,18H,5-6,9-14,16H2,1-4H3,(H,25,28). The molecule has 7 heteroatoms. The summed E-state index contributed by atoms with van der Waals surface area (Å²) >= 11 is 0. The first-order chi connectivity index (χ1) is 14.6. The Labute approximate surface area is 185 Å². The van der Waals surface area contributed by atoms with Gasteiger partial charge in [-0.2, -0.15) is 0 Å². The fourth-order valence-corrected chi connectivity index (χ4v) is 4.19. The Morgan fingerprint density at radius 3 is 2.29 bits per heavy atom. The van der Waals surface area contributed by atoms with E-state index in [9.17, 15) is 14.4 Å². The topological polar surface area (TPSA) is 79.0 Å². The number of piperidine rings is 1. The number of amides is 2. The number of hydrogen-bond acceptors (Lipinski definition) is 5. The molecule has 2 amide bonds. The number of esters is 1. The molecule has 0 atom stereocenters. The van der Waals surface area contributed by atoms with Gasteiger partial charge in [0.2, 0.25) is 5.91 Å². The molecule has 31 heavy (non-hydrogen) atoms. The number of aryl methyl sites for hydroxylation is 1. The van der Waals surface area contributed by atoms with Crippen molar-refractivity contribution in [1.82, 2.24) is 4.90 Å². The fourth-order valence-electron chi connectivity index (χ4n) is 4.19. The molecule has 2 saturated heterocycles. The van der Waals surface area contributed by atoms with Gasteiger partial charge in [-0.15, -0.1) is 0 Å². The van der Waals surface area contributed by atoms with Crippen LogP contribution in [0.3, 0.4) is 0 Å². The zero-order chi connectivity index (χ0) is 22.6. The highest BCUT2D eigenvalue weighted by Gasteiger charge is 2.33. The van der Waals surface area contributed by atoms with E-state index >= 15 is 0 Å². The maximum atomic E-state index is 12.4. The normalized spacial score (nSPS) is 17.5. The average molecular weight is 430 g/mol. The smallest absolute Gasteiger partial charge is 0.309 e. The van der Waals surface area contributed by atoms with Gasteiger partial charge in [-0.1, -0.05) is 20.8 Å². The van der Waals surface area contributed by atoms with Gasteiger partial charge in [-0.05, 0) is 56.4 Å². The summed E-state index contributed by atoms with van der Waals surface area (Å²) < 4.78 is 5.26. The number of anilines is 2. The molecule has 1 aromatic rings. The predicted molar refractivity (Wildman–Crippen MR) is 121 cm³/mol. The largest absolute Gasteiger partial charge is 0.455 e. The lowest BCUT2D eigenvalue weighted by Crippen LogP contribution is -2.45. The number of hydrogen-bond donors (Lipinski definition) is 1. The van der Waals surface area contributed by atoms with Crippen molar-refractivity contribution in [3.63, 3.8) is 0 Å². The molecule has 0 saturated carbocycles. The minimum absolute atomic E-state index is 0.102. The van der Waals surface area contributed by atoms with E-state index in [1.54, 1.807) is 0 Å². The van der Waals surface area contributed by atoms with Crippen LogP contribution in [0.15, 0.2) is 18.2 Å². The lowest BCUT2D eigenvalue weighted by atomic mass is 9.91. The van der Waals surface area contributed by atoms with E-state index in [2.05, 4.69) is 16.3 Å². The van der Waals surface area contributed by atoms with Crippen LogP contribution in [0.25, 0.3) is 0 Å². The van der Waals surface area contributed by atoms with Crippen LogP contribution in [-0.2, 0) is 19.1 Å². The van der Waals surface area contributed by atoms with E-state index in [1.165, 1.54) is 18.5 Å². The Balaban J connectivity index is 1.43. The van der Waals surface area contributed by atoms with Crippen LogP contribution in [0.4, 0.5) is 11.4 Å². The molecule has 1 aromatic carbocycles. The van der Waals surface area contributed by atoms with Crippen molar-refractivity contribution in [3.8, 4) is 0 Å². The van der Waals surface area contributed by atoms with E-state index in [-0.39, 0.29) is 30.3 Å². The van der Waals surface area contributed by atoms with Crippen LogP contribution in [0.5, 0.6) is 0 Å². The van der Waals surface area contributed by atoms with E-state index in [0.29, 0.717) is 25.9 Å². The van der Waals surface area contributed by atoms with Gasteiger partial charge in [0.15, 0.2) is 6.61 Å². The Morgan fingerprint density at radius 1 is 1.06 bits per heavy atom. The SMILES string of the molecule is Cc1cc(N2CCCC2)ccc1NC(=O)COC(=O)C1CCN(C(=O)C(C)(C)C)CC1. The first-order valence-corrected chi connectivity index (χ1v) is 11.3. The third-order valence-corrected chi connectivity index (χ3v) is 6.06. The Hall–Kier alpha value is -2.57. The summed E-state index contributed by atoms with van der Waals surface area (Å²) in [7, 11) is 0. The summed E-state index contributed by atoms with van der Waals surface area (Å²) in [5.41, 5.74) is 2.48. The maximum Gasteiger partial charge on any atom is 0.309 e. The number of likely N-dealkylation sites (tertiary alicyclic amines) is 1. The monoisotopic (exact) mass is 429 g/mol. The number of nitrogens with zero attached hydrogens (tertiary/aromatic N) is 2. The summed E-state index contributed by atoms with van der Waals surface area (Å²) in [6.07, 6.45) is 3.57. The number of carbonyl (C=O) groups is 3. The minimum atomic E-state index is -0.420. The zero-order valence-electron chi connectivity index (χ0n) is 19.2. The third kappa shape index (κ3) is 5.99. The summed E-state index contributed by atoms with van der Waals surface area (Å²) in [5.74, 6) is -0.868. The maximum absolute atomic E-state index is 12.4. The number of carbonyl (C=O) groups excluding carboxylic acids is 3. The van der Waals surface area contributed by atoms with E-state index in [0.717, 1.165) is 24.3 Å². The van der Waals surface area contributed by atoms with Crippen LogP contribution < -0.4 is 10.2 Å². The second-order valence-corrected chi connectivity index (χ2v) is 9.67. The highest BCUT2D eigenvalue weighted by atomic mass is 16.5. The summed E-state index contributed by atoms with van der Waals surface area (Å²) in [6.45, 7) is 10.6. The first-order valence-electron chi connectivity index (χ1n) is 11.3. The summed E-state index contributed by atoms with van der Waals surface area (Å²) in [6, 6.07) is 6.01. The molecule has 0 bridgehead atoms. The van der Waals surface area contributed by atoms with Crippen molar-refractivity contribution in [2.24, 2.45) is 11.3 Å². The van der Waals surface area contributed by atoms with E-state index < -0.39 is 5.41 Å². The van der Waals surface area contributed by atoms with Crippen molar-refractivity contribution >= 4 is 29.2 Å². The average Bonchev–Trinajstić information content (AvgIpc) is 3.27. The number of rotatable bonds is 5. The molecule has 2 fully saturated rings. The highest BCUT2D eigenvalue weighted by Crippen LogP contribution is 2.26. The molecule has 170 valence electrons. The molecule has 0 spiro atoms. The molecule has 0 aromatic heterocycles. The van der Waals surface area contributed by atoms with Crippen LogP contribution in [0.2, 0.25) is 0 Å². The Morgan fingerprint density at radius 2 is 1.71 bits per heavy atom. The van der Waals surface area contributed by atoms with Crippen LogP contribution in [0, 0.1) is 18.3 Å². The molecular weight excluding hydrogens is 394 g/mol. The van der Waals surface area contributed by atoms with Crippen molar-refractivity contribution < 1.29 is 19.1 Å². The zero-order valence-corrected chi connectivity index (χ0v) is 19.2. The van der Waals surface area contributed by atoms with Crippen LogP contribution in [0.1, 0.15) is 52.0 Å². The lowest BCUT2D eigenvalue weighted by Gasteiger charge is -2.34. The van der Waals surface area contributed by atoms with Gasteiger partial charge in [-0.25, -0.2) is 0 Å². The first kappa shape index (κ1) is 23.1. The molecule has 0 aliphatic carbocycles. The van der Waals surface area contributed by atoms with Gasteiger partial charge in [0.05, 0.1) is 5.92 Å². The Bertz CT molecular complexity index is 817. The second-order valence-electron chi connectivity index (χ2n) is 9.67. The van der Waals surface area contributed by atoms with Gasteiger partial charge in [0.1, 0.15) is 0 Å². The number of nitrogens with one attached hydrogen (secondary N) is 1. The number of benzene rings is 1. The van der Waals surface area contributed by atoms with Gasteiger partial charge in [-0.3, -0.25) is 14.4 Å². The molecule has 0 unspecified atom stereocenters. The van der Waals surface area contributed by atoms with Crippen LogP contribution in [-0.4, -0.2) is 55.5 Å². The lowest BCUT2D eigenvalue weighted by molar-refractivity contribution is -0.155. The quantitative estimate of drug-likeness (QED) is 0.726. The molecule has 1 N–H and O–H groups in total. The molecular formula is C24H35N3O4. The second kappa shape index (κ2) is 9.71. The molecule has 2 heterocycles. The minimum Gasteiger partial charge on any atom is -0.455 e. The molecule has 2 aliphatic rings. The van der Waals surface area contributed by atoms with Crippen molar-refractivity contribution in [1.29, 1.82) is 0 Å². The Kier molecular flexibility index (Phi) is 7.23. The fraction of sp³-hybridized carbons (Fsp3) is 0.625. The van der Waals surface area contributed by atoms with Gasteiger partial charge < -0.3 is 19.9 Å². The summed E-state index contributed by atoms with van der Waals surface area (Å²) in [4.78, 5) is 41.2. The van der Waals surface area contributed by atoms with Gasteiger partial charge >= 0.3 is 5.97 Å². The molecule has 2 aliphatic heterocycles. The highest BCUT2D eigenvalue weighted by molar-refractivity contribution is 5.93. The summed E-state index contributed by atoms with van der Waals surface area (Å²) in [5, 5.41) is 2.84. The molecule has 7 nitrogen and oxygen atoms in total. The van der Waals surface area contributed by atoms with Crippen LogP contribution >= 0.6 is 0 Å². The van der Waals surface area contributed by atoms with Gasteiger partial charge in [0.25, 0.3) is 5.91 Å². The van der Waals surface area contributed by atoms with Crippen molar-refractivity contribution in [3.05, 3.63) is 23.8 Å². The number of ether oxygens (including phenoxy) is 1.